The van der Waals surface area contributed by atoms with Gasteiger partial charge < -0.3 is 4.74 Å². The Balaban J connectivity index is 1.78. The van der Waals surface area contributed by atoms with Gasteiger partial charge in [0.1, 0.15) is 6.10 Å². The summed E-state index contributed by atoms with van der Waals surface area (Å²) in [6.07, 6.45) is 10.2. The van der Waals surface area contributed by atoms with Crippen molar-refractivity contribution in [3.8, 4) is 0 Å². The lowest BCUT2D eigenvalue weighted by Gasteiger charge is -2.15. The highest BCUT2D eigenvalue weighted by atomic mass is 16.5. The topological polar surface area (TPSA) is 9.23 Å². The van der Waals surface area contributed by atoms with Crippen molar-refractivity contribution in [3.05, 3.63) is 72.5 Å². The van der Waals surface area contributed by atoms with Crippen LogP contribution in [0.5, 0.6) is 0 Å². The van der Waals surface area contributed by atoms with Crippen molar-refractivity contribution in [1.29, 1.82) is 0 Å². The lowest BCUT2D eigenvalue weighted by molar-refractivity contribution is 0.174. The maximum Gasteiger partial charge on any atom is 0.117 e. The van der Waals surface area contributed by atoms with E-state index in [-0.39, 0.29) is 6.10 Å². The Kier molecular flexibility index (Phi) is 3.14. The molecule has 1 heterocycles. The van der Waals surface area contributed by atoms with Gasteiger partial charge >= 0.3 is 0 Å². The van der Waals surface area contributed by atoms with Gasteiger partial charge in [0.15, 0.2) is 0 Å². The molecule has 2 aromatic carbocycles. The first-order valence-corrected chi connectivity index (χ1v) is 6.39. The number of benzene rings is 2. The van der Waals surface area contributed by atoms with Crippen LogP contribution in [-0.4, -0.2) is 6.10 Å². The summed E-state index contributed by atoms with van der Waals surface area (Å²) in [6, 6.07) is 15.1. The van der Waals surface area contributed by atoms with Crippen molar-refractivity contribution in [2.24, 2.45) is 0 Å². The van der Waals surface area contributed by atoms with Crippen LogP contribution in [0.4, 0.5) is 0 Å². The minimum absolute atomic E-state index is 0.217. The van der Waals surface area contributed by atoms with Crippen LogP contribution in [0, 0.1) is 0 Å². The maximum absolute atomic E-state index is 5.54. The van der Waals surface area contributed by atoms with E-state index in [1.54, 1.807) is 6.26 Å². The molecule has 0 N–H and O–H groups in total. The van der Waals surface area contributed by atoms with E-state index in [0.29, 0.717) is 0 Å². The lowest BCUT2D eigenvalue weighted by atomic mass is 9.99. The van der Waals surface area contributed by atoms with Crippen molar-refractivity contribution < 1.29 is 4.74 Å². The minimum Gasteiger partial charge on any atom is -0.494 e. The largest absolute Gasteiger partial charge is 0.494 e. The van der Waals surface area contributed by atoms with Crippen molar-refractivity contribution in [1.82, 2.24) is 0 Å². The van der Waals surface area contributed by atoms with Gasteiger partial charge in [0.25, 0.3) is 0 Å². The van der Waals surface area contributed by atoms with Crippen LogP contribution >= 0.6 is 0 Å². The molecular weight excluding hydrogens is 220 g/mol. The second-order valence-corrected chi connectivity index (χ2v) is 4.56. The molecule has 2 aromatic rings. The van der Waals surface area contributed by atoms with Crippen LogP contribution in [0.2, 0.25) is 0 Å². The highest BCUT2D eigenvalue weighted by Crippen LogP contribution is 2.21. The van der Waals surface area contributed by atoms with Gasteiger partial charge in [-0.15, -0.1) is 0 Å². The monoisotopic (exact) mass is 236 g/mol. The number of rotatable bonds is 3. The van der Waals surface area contributed by atoms with E-state index in [0.717, 1.165) is 12.8 Å². The van der Waals surface area contributed by atoms with E-state index < -0.39 is 0 Å². The molecule has 1 aliphatic heterocycles. The SMILES string of the molecule is C1=COC(CCc2cccc3ccccc23)C=C1. The van der Waals surface area contributed by atoms with E-state index in [9.17, 15) is 0 Å². The molecule has 0 fully saturated rings. The van der Waals surface area contributed by atoms with Crippen LogP contribution in [0.1, 0.15) is 12.0 Å². The summed E-state index contributed by atoms with van der Waals surface area (Å²) in [6.45, 7) is 0. The normalized spacial score (nSPS) is 17.9. The highest BCUT2D eigenvalue weighted by Gasteiger charge is 2.07. The quantitative estimate of drug-likeness (QED) is 0.774. The lowest BCUT2D eigenvalue weighted by Crippen LogP contribution is -2.09. The maximum atomic E-state index is 5.54. The Morgan fingerprint density at radius 1 is 0.944 bits per heavy atom. The predicted molar refractivity (Wildman–Crippen MR) is 75.4 cm³/mol. The summed E-state index contributed by atoms with van der Waals surface area (Å²) in [5, 5.41) is 2.67. The average molecular weight is 236 g/mol. The van der Waals surface area contributed by atoms with E-state index in [2.05, 4.69) is 54.6 Å². The fourth-order valence-corrected chi connectivity index (χ4v) is 2.40. The molecule has 1 atom stereocenters. The second kappa shape index (κ2) is 5.09. The standard InChI is InChI=1S/C17H16O/c1-2-10-17-14(6-1)7-5-8-15(17)11-12-16-9-3-4-13-18-16/h1-10,13,16H,11-12H2. The molecule has 0 saturated heterocycles. The third-order valence-electron chi connectivity index (χ3n) is 3.35. The van der Waals surface area contributed by atoms with Crippen LogP contribution in [0.25, 0.3) is 10.8 Å². The van der Waals surface area contributed by atoms with Crippen molar-refractivity contribution >= 4 is 10.8 Å². The van der Waals surface area contributed by atoms with Crippen LogP contribution in [0.3, 0.4) is 0 Å². The molecule has 0 bridgehead atoms. The van der Waals surface area contributed by atoms with Gasteiger partial charge in [0.05, 0.1) is 6.26 Å². The van der Waals surface area contributed by atoms with Crippen LogP contribution in [0.15, 0.2) is 67.0 Å². The summed E-state index contributed by atoms with van der Waals surface area (Å²) in [4.78, 5) is 0. The summed E-state index contributed by atoms with van der Waals surface area (Å²) >= 11 is 0. The first kappa shape index (κ1) is 11.1. The molecular formula is C17H16O. The number of hydrogen-bond acceptors (Lipinski definition) is 1. The molecule has 0 spiro atoms. The smallest absolute Gasteiger partial charge is 0.117 e. The van der Waals surface area contributed by atoms with Gasteiger partial charge in [0.2, 0.25) is 0 Å². The van der Waals surface area contributed by atoms with E-state index in [4.69, 9.17) is 4.74 Å². The number of fused-ring (bicyclic) bond motifs is 1. The van der Waals surface area contributed by atoms with Gasteiger partial charge in [-0.3, -0.25) is 0 Å². The summed E-state index contributed by atoms with van der Waals surface area (Å²) < 4.78 is 5.54. The van der Waals surface area contributed by atoms with Gasteiger partial charge in [-0.05, 0) is 41.3 Å². The van der Waals surface area contributed by atoms with Crippen molar-refractivity contribution in [2.75, 3.05) is 0 Å². The Hall–Kier alpha value is -2.02. The molecule has 3 rings (SSSR count). The van der Waals surface area contributed by atoms with Crippen molar-refractivity contribution in [2.45, 2.75) is 18.9 Å². The van der Waals surface area contributed by atoms with Crippen molar-refractivity contribution in [3.63, 3.8) is 0 Å². The molecule has 1 aliphatic rings. The van der Waals surface area contributed by atoms with E-state index in [1.165, 1.54) is 16.3 Å². The molecule has 0 aliphatic carbocycles. The number of aryl methyl sites for hydroxylation is 1. The van der Waals surface area contributed by atoms with Gasteiger partial charge in [-0.2, -0.15) is 0 Å². The van der Waals surface area contributed by atoms with Crippen LogP contribution in [-0.2, 0) is 11.2 Å². The van der Waals surface area contributed by atoms with Gasteiger partial charge in [-0.25, -0.2) is 0 Å². The fraction of sp³-hybridized carbons (Fsp3) is 0.176. The molecule has 1 heteroatoms. The molecule has 1 unspecified atom stereocenters. The molecule has 0 saturated carbocycles. The second-order valence-electron chi connectivity index (χ2n) is 4.56. The molecule has 18 heavy (non-hydrogen) atoms. The first-order valence-electron chi connectivity index (χ1n) is 6.39. The number of hydrogen-bond donors (Lipinski definition) is 0. The summed E-state index contributed by atoms with van der Waals surface area (Å²) in [5.41, 5.74) is 1.40. The number of allylic oxidation sites excluding steroid dienone is 2. The van der Waals surface area contributed by atoms with Crippen LogP contribution < -0.4 is 0 Å². The van der Waals surface area contributed by atoms with E-state index >= 15 is 0 Å². The Morgan fingerprint density at radius 2 is 1.83 bits per heavy atom. The Morgan fingerprint density at radius 3 is 2.72 bits per heavy atom. The van der Waals surface area contributed by atoms with E-state index in [1.807, 2.05) is 6.08 Å². The Bertz CT molecular complexity index is 590. The zero-order chi connectivity index (χ0) is 12.2. The molecule has 1 nitrogen and oxygen atoms in total. The minimum atomic E-state index is 0.217. The summed E-state index contributed by atoms with van der Waals surface area (Å²) in [5.74, 6) is 0. The average Bonchev–Trinajstić information content (AvgIpc) is 2.46. The molecule has 0 aromatic heterocycles. The highest BCUT2D eigenvalue weighted by molar-refractivity contribution is 5.85. The third kappa shape index (κ3) is 2.30. The Labute approximate surface area is 107 Å². The fourth-order valence-electron chi connectivity index (χ4n) is 2.40. The zero-order valence-corrected chi connectivity index (χ0v) is 10.3. The molecule has 0 amide bonds. The number of ether oxygens (including phenoxy) is 1. The molecule has 90 valence electrons. The third-order valence-corrected chi connectivity index (χ3v) is 3.35. The summed E-state index contributed by atoms with van der Waals surface area (Å²) in [7, 11) is 0. The zero-order valence-electron chi connectivity index (χ0n) is 10.3. The molecule has 0 radical (unpaired) electrons. The first-order chi connectivity index (χ1) is 8.93. The van der Waals surface area contributed by atoms with Gasteiger partial charge in [-0.1, -0.05) is 48.5 Å². The predicted octanol–water partition coefficient (Wildman–Crippen LogP) is 4.24. The van der Waals surface area contributed by atoms with Gasteiger partial charge in [0, 0.05) is 0 Å².